The molecule has 1 aromatic carbocycles. The van der Waals surface area contributed by atoms with E-state index in [1.165, 1.54) is 0 Å². The van der Waals surface area contributed by atoms with E-state index in [1.54, 1.807) is 18.3 Å². The zero-order chi connectivity index (χ0) is 11.3. The first-order chi connectivity index (χ1) is 7.08. The number of rotatable bonds is 4. The van der Waals surface area contributed by atoms with E-state index < -0.39 is 11.0 Å². The van der Waals surface area contributed by atoms with Gasteiger partial charge in [0.2, 0.25) is 0 Å². The van der Waals surface area contributed by atoms with Gasteiger partial charge in [0.15, 0.2) is 0 Å². The molecule has 1 unspecified atom stereocenters. The maximum absolute atomic E-state index is 11.4. The van der Waals surface area contributed by atoms with Crippen LogP contribution < -0.4 is 0 Å². The standard InChI is InChI=1S/C11H14ClNOS/c1-9(2)8-15(14)13-7-10-3-5-11(12)6-4-10/h3-7,9H,8H2,1-2H3/b13-7+. The minimum absolute atomic E-state index is 0.396. The van der Waals surface area contributed by atoms with Gasteiger partial charge in [-0.05, 0) is 23.6 Å². The summed E-state index contributed by atoms with van der Waals surface area (Å²) in [5.41, 5.74) is 0.913. The minimum Gasteiger partial charge on any atom is -0.235 e. The molecule has 0 saturated carbocycles. The molecular formula is C11H14ClNOS. The van der Waals surface area contributed by atoms with Crippen molar-refractivity contribution in [2.24, 2.45) is 10.3 Å². The Morgan fingerprint density at radius 2 is 2.00 bits per heavy atom. The fourth-order valence-corrected chi connectivity index (χ4v) is 2.02. The Hall–Kier alpha value is -0.670. The van der Waals surface area contributed by atoms with E-state index in [-0.39, 0.29) is 0 Å². The van der Waals surface area contributed by atoms with Crippen LogP contribution in [0.5, 0.6) is 0 Å². The molecule has 15 heavy (non-hydrogen) atoms. The maximum atomic E-state index is 11.4. The quantitative estimate of drug-likeness (QED) is 0.748. The lowest BCUT2D eigenvalue weighted by Crippen LogP contribution is -2.01. The molecule has 0 N–H and O–H groups in total. The summed E-state index contributed by atoms with van der Waals surface area (Å²) in [5, 5.41) is 0.690. The average molecular weight is 244 g/mol. The van der Waals surface area contributed by atoms with Crippen LogP contribution in [0.3, 0.4) is 0 Å². The van der Waals surface area contributed by atoms with Crippen molar-refractivity contribution in [1.82, 2.24) is 0 Å². The van der Waals surface area contributed by atoms with E-state index in [0.29, 0.717) is 16.7 Å². The Morgan fingerprint density at radius 1 is 1.40 bits per heavy atom. The van der Waals surface area contributed by atoms with Crippen molar-refractivity contribution >= 4 is 28.8 Å². The number of hydrogen-bond donors (Lipinski definition) is 0. The van der Waals surface area contributed by atoms with Gasteiger partial charge in [0, 0.05) is 17.0 Å². The Morgan fingerprint density at radius 3 is 2.53 bits per heavy atom. The third-order valence-corrected chi connectivity index (χ3v) is 3.21. The van der Waals surface area contributed by atoms with E-state index >= 15 is 0 Å². The van der Waals surface area contributed by atoms with Gasteiger partial charge in [-0.3, -0.25) is 0 Å². The smallest absolute Gasteiger partial charge is 0.139 e. The predicted molar refractivity (Wildman–Crippen MR) is 66.9 cm³/mol. The SMILES string of the molecule is CC(C)CS(=O)/N=C/c1ccc(Cl)cc1. The van der Waals surface area contributed by atoms with Crippen LogP contribution in [0, 0.1) is 5.92 Å². The van der Waals surface area contributed by atoms with Gasteiger partial charge >= 0.3 is 0 Å². The molecular weight excluding hydrogens is 230 g/mol. The first kappa shape index (κ1) is 12.4. The Bertz CT molecular complexity index is 359. The summed E-state index contributed by atoms with van der Waals surface area (Å²) in [4.78, 5) is 0. The fourth-order valence-electron chi connectivity index (χ4n) is 0.997. The second kappa shape index (κ2) is 6.03. The van der Waals surface area contributed by atoms with Crippen LogP contribution in [-0.4, -0.2) is 16.2 Å². The maximum Gasteiger partial charge on any atom is 0.139 e. The van der Waals surface area contributed by atoms with Crippen LogP contribution >= 0.6 is 11.6 Å². The van der Waals surface area contributed by atoms with Crippen molar-refractivity contribution in [3.8, 4) is 0 Å². The predicted octanol–water partition coefficient (Wildman–Crippen LogP) is 3.08. The third-order valence-electron chi connectivity index (χ3n) is 1.67. The molecule has 0 fully saturated rings. The molecule has 0 bridgehead atoms. The number of halogens is 1. The second-order valence-electron chi connectivity index (χ2n) is 3.67. The molecule has 0 radical (unpaired) electrons. The summed E-state index contributed by atoms with van der Waals surface area (Å²) in [7, 11) is -1.12. The molecule has 1 rings (SSSR count). The van der Waals surface area contributed by atoms with Crippen molar-refractivity contribution in [3.05, 3.63) is 34.9 Å². The Kier molecular flexibility index (Phi) is 4.99. The fraction of sp³-hybridized carbons (Fsp3) is 0.364. The van der Waals surface area contributed by atoms with Crippen LogP contribution in [0.25, 0.3) is 0 Å². The van der Waals surface area contributed by atoms with E-state index in [2.05, 4.69) is 4.40 Å². The summed E-state index contributed by atoms with van der Waals surface area (Å²) in [6.45, 7) is 4.05. The second-order valence-corrected chi connectivity index (χ2v) is 5.29. The summed E-state index contributed by atoms with van der Waals surface area (Å²) in [5.74, 6) is 0.998. The highest BCUT2D eigenvalue weighted by molar-refractivity contribution is 7.83. The number of benzene rings is 1. The van der Waals surface area contributed by atoms with E-state index in [1.807, 2.05) is 26.0 Å². The summed E-state index contributed by atoms with van der Waals surface area (Å²) < 4.78 is 15.3. The lowest BCUT2D eigenvalue weighted by Gasteiger charge is -1.99. The molecule has 2 nitrogen and oxygen atoms in total. The van der Waals surface area contributed by atoms with E-state index in [4.69, 9.17) is 11.6 Å². The molecule has 0 heterocycles. The molecule has 0 amide bonds. The molecule has 0 saturated heterocycles. The lowest BCUT2D eigenvalue weighted by molar-refractivity contribution is 0.666. The zero-order valence-corrected chi connectivity index (χ0v) is 10.4. The molecule has 1 aromatic rings. The van der Waals surface area contributed by atoms with Crippen LogP contribution in [0.15, 0.2) is 28.7 Å². The van der Waals surface area contributed by atoms with Crippen LogP contribution in [-0.2, 0) is 11.0 Å². The average Bonchev–Trinajstić information content (AvgIpc) is 2.16. The van der Waals surface area contributed by atoms with Crippen LogP contribution in [0.4, 0.5) is 0 Å². The highest BCUT2D eigenvalue weighted by Gasteiger charge is 1.99. The van der Waals surface area contributed by atoms with Gasteiger partial charge in [0.25, 0.3) is 0 Å². The van der Waals surface area contributed by atoms with E-state index in [9.17, 15) is 4.21 Å². The first-order valence-corrected chi connectivity index (χ1v) is 6.41. The Balaban J connectivity index is 2.57. The Labute approximate surface area is 98.0 Å². The molecule has 1 atom stereocenters. The monoisotopic (exact) mass is 243 g/mol. The van der Waals surface area contributed by atoms with Gasteiger partial charge in [-0.2, -0.15) is 4.40 Å². The van der Waals surface area contributed by atoms with Crippen molar-refractivity contribution in [2.45, 2.75) is 13.8 Å². The molecule has 0 aliphatic rings. The molecule has 0 spiro atoms. The van der Waals surface area contributed by atoms with Gasteiger partial charge in [-0.1, -0.05) is 37.6 Å². The third kappa shape index (κ3) is 5.09. The van der Waals surface area contributed by atoms with Gasteiger partial charge in [-0.25, -0.2) is 4.21 Å². The largest absolute Gasteiger partial charge is 0.235 e. The number of hydrogen-bond acceptors (Lipinski definition) is 1. The topological polar surface area (TPSA) is 29.4 Å². The van der Waals surface area contributed by atoms with Crippen molar-refractivity contribution < 1.29 is 4.21 Å². The van der Waals surface area contributed by atoms with Gasteiger partial charge in [0.1, 0.15) is 11.0 Å². The summed E-state index contributed by atoms with van der Waals surface area (Å²) in [6.07, 6.45) is 1.62. The molecule has 82 valence electrons. The van der Waals surface area contributed by atoms with E-state index in [0.717, 1.165) is 5.56 Å². The minimum atomic E-state index is -1.12. The van der Waals surface area contributed by atoms with Gasteiger partial charge in [0.05, 0.1) is 0 Å². The molecule has 0 aliphatic carbocycles. The normalized spacial score (nSPS) is 13.6. The van der Waals surface area contributed by atoms with Gasteiger partial charge < -0.3 is 0 Å². The molecule has 0 aromatic heterocycles. The summed E-state index contributed by atoms with van der Waals surface area (Å²) in [6, 6.07) is 7.26. The zero-order valence-electron chi connectivity index (χ0n) is 8.81. The van der Waals surface area contributed by atoms with Crippen LogP contribution in [0.2, 0.25) is 5.02 Å². The number of nitrogens with zero attached hydrogens (tertiary/aromatic N) is 1. The molecule has 0 aliphatic heterocycles. The first-order valence-electron chi connectivity index (χ1n) is 4.76. The highest BCUT2D eigenvalue weighted by atomic mass is 35.5. The lowest BCUT2D eigenvalue weighted by atomic mass is 10.2. The summed E-state index contributed by atoms with van der Waals surface area (Å²) >= 11 is 5.74. The molecule has 4 heteroatoms. The highest BCUT2D eigenvalue weighted by Crippen LogP contribution is 2.08. The van der Waals surface area contributed by atoms with Crippen molar-refractivity contribution in [3.63, 3.8) is 0 Å². The van der Waals surface area contributed by atoms with Gasteiger partial charge in [-0.15, -0.1) is 0 Å². The van der Waals surface area contributed by atoms with Crippen molar-refractivity contribution in [1.29, 1.82) is 0 Å². The van der Waals surface area contributed by atoms with Crippen LogP contribution in [0.1, 0.15) is 19.4 Å². The van der Waals surface area contributed by atoms with Crippen molar-refractivity contribution in [2.75, 3.05) is 5.75 Å².